The van der Waals surface area contributed by atoms with Gasteiger partial charge in [0, 0.05) is 5.69 Å². The van der Waals surface area contributed by atoms with E-state index in [1.165, 1.54) is 0 Å². The van der Waals surface area contributed by atoms with Crippen LogP contribution in [0, 0.1) is 20.8 Å². The van der Waals surface area contributed by atoms with Crippen LogP contribution in [0.2, 0.25) is 0 Å². The van der Waals surface area contributed by atoms with Crippen LogP contribution in [-0.2, 0) is 10.0 Å². The predicted octanol–water partition coefficient (Wildman–Crippen LogP) is -0.812. The van der Waals surface area contributed by atoms with Crippen LogP contribution in [-0.4, -0.2) is 49.1 Å². The van der Waals surface area contributed by atoms with Gasteiger partial charge in [0.25, 0.3) is 0 Å². The summed E-state index contributed by atoms with van der Waals surface area (Å²) < 4.78 is 27.3. The van der Waals surface area contributed by atoms with Crippen LogP contribution >= 0.6 is 0 Å². The molecule has 0 aliphatic carbocycles. The molecule has 0 radical (unpaired) electrons. The molecule has 0 aromatic heterocycles. The molecule has 7 nitrogen and oxygen atoms in total. The number of hydrogen-bond acceptors (Lipinski definition) is 6. The van der Waals surface area contributed by atoms with Crippen LogP contribution in [0.25, 0.3) is 0 Å². The van der Waals surface area contributed by atoms with Gasteiger partial charge >= 0.3 is 0 Å². The van der Waals surface area contributed by atoms with Gasteiger partial charge in [-0.3, -0.25) is 0 Å². The molecule has 8 heteroatoms. The normalized spacial score (nSPS) is 12.7. The quantitative estimate of drug-likeness (QED) is 0.436. The fourth-order valence-corrected chi connectivity index (χ4v) is 3.98. The molecule has 0 spiro atoms. The number of aliphatic hydroxyl groups is 3. The zero-order valence-electron chi connectivity index (χ0n) is 12.3. The molecule has 1 aromatic rings. The SMILES string of the molecule is Cc1cc(N)c(C)c(S(=O)(=O)NC(CO)(CO)CO)c1C. The molecule has 0 saturated heterocycles. The molecular formula is C13H22N2O5S. The third-order valence-corrected chi connectivity index (χ3v) is 5.46. The molecule has 0 aliphatic heterocycles. The van der Waals surface area contributed by atoms with Crippen molar-refractivity contribution in [2.75, 3.05) is 25.6 Å². The maximum Gasteiger partial charge on any atom is 0.241 e. The van der Waals surface area contributed by atoms with Crippen molar-refractivity contribution in [2.45, 2.75) is 31.2 Å². The van der Waals surface area contributed by atoms with E-state index in [0.717, 1.165) is 0 Å². The number of aryl methyl sites for hydroxylation is 1. The van der Waals surface area contributed by atoms with Crippen LogP contribution < -0.4 is 10.5 Å². The number of nitrogens with two attached hydrogens (primary N) is 1. The van der Waals surface area contributed by atoms with Crippen molar-refractivity contribution < 1.29 is 23.7 Å². The second kappa shape index (κ2) is 6.29. The molecular weight excluding hydrogens is 296 g/mol. The van der Waals surface area contributed by atoms with Crippen LogP contribution in [0.3, 0.4) is 0 Å². The molecule has 0 fully saturated rings. The van der Waals surface area contributed by atoms with Crippen molar-refractivity contribution in [1.29, 1.82) is 0 Å². The van der Waals surface area contributed by atoms with E-state index in [-0.39, 0.29) is 4.90 Å². The van der Waals surface area contributed by atoms with Gasteiger partial charge in [0.15, 0.2) is 0 Å². The monoisotopic (exact) mass is 318 g/mol. The Balaban J connectivity index is 3.46. The highest BCUT2D eigenvalue weighted by Crippen LogP contribution is 2.28. The minimum Gasteiger partial charge on any atom is -0.398 e. The first-order valence-corrected chi connectivity index (χ1v) is 7.85. The third-order valence-electron chi connectivity index (χ3n) is 3.61. The maximum atomic E-state index is 12.6. The molecule has 0 heterocycles. The predicted molar refractivity (Wildman–Crippen MR) is 79.4 cm³/mol. The summed E-state index contributed by atoms with van der Waals surface area (Å²) in [5, 5.41) is 27.8. The lowest BCUT2D eigenvalue weighted by Gasteiger charge is -2.29. The molecule has 120 valence electrons. The molecule has 0 unspecified atom stereocenters. The lowest BCUT2D eigenvalue weighted by atomic mass is 10.1. The van der Waals surface area contributed by atoms with Crippen molar-refractivity contribution in [2.24, 2.45) is 0 Å². The zero-order chi connectivity index (χ0) is 16.4. The standard InChI is InChI=1S/C13H22N2O5S/c1-8-4-11(14)10(3)12(9(8)2)21(19,20)15-13(5-16,6-17)7-18/h4,15-18H,5-7,14H2,1-3H3. The number of rotatable bonds is 6. The average molecular weight is 318 g/mol. The van der Waals surface area contributed by atoms with Gasteiger partial charge in [0.05, 0.1) is 24.7 Å². The van der Waals surface area contributed by atoms with Crippen molar-refractivity contribution in [3.63, 3.8) is 0 Å². The lowest BCUT2D eigenvalue weighted by molar-refractivity contribution is 0.0581. The van der Waals surface area contributed by atoms with Crippen LogP contribution in [0.4, 0.5) is 5.69 Å². The summed E-state index contributed by atoms with van der Waals surface area (Å²) >= 11 is 0. The number of nitrogen functional groups attached to an aromatic ring is 1. The number of aliphatic hydroxyl groups excluding tert-OH is 3. The second-order valence-corrected chi connectivity index (χ2v) is 6.84. The van der Waals surface area contributed by atoms with Gasteiger partial charge in [-0.15, -0.1) is 0 Å². The first-order chi connectivity index (χ1) is 9.64. The van der Waals surface area contributed by atoms with Gasteiger partial charge in [-0.05, 0) is 43.5 Å². The fraction of sp³-hybridized carbons (Fsp3) is 0.538. The van der Waals surface area contributed by atoms with E-state index in [2.05, 4.69) is 4.72 Å². The Hall–Kier alpha value is -1.19. The van der Waals surface area contributed by atoms with Crippen molar-refractivity contribution in [3.05, 3.63) is 22.8 Å². The smallest absolute Gasteiger partial charge is 0.241 e. The van der Waals surface area contributed by atoms with E-state index in [1.54, 1.807) is 26.8 Å². The van der Waals surface area contributed by atoms with E-state index in [9.17, 15) is 23.7 Å². The fourth-order valence-electron chi connectivity index (χ4n) is 2.03. The molecule has 6 N–H and O–H groups in total. The highest BCUT2D eigenvalue weighted by atomic mass is 32.2. The van der Waals surface area contributed by atoms with E-state index < -0.39 is 35.4 Å². The number of sulfonamides is 1. The molecule has 1 aromatic carbocycles. The van der Waals surface area contributed by atoms with E-state index >= 15 is 0 Å². The van der Waals surface area contributed by atoms with Gasteiger partial charge in [-0.1, -0.05) is 0 Å². The van der Waals surface area contributed by atoms with Gasteiger partial charge in [0.2, 0.25) is 10.0 Å². The highest BCUT2D eigenvalue weighted by Gasteiger charge is 2.35. The molecule has 0 bridgehead atoms. The number of hydrogen-bond donors (Lipinski definition) is 5. The largest absolute Gasteiger partial charge is 0.398 e. The van der Waals surface area contributed by atoms with E-state index in [4.69, 9.17) is 5.73 Å². The average Bonchev–Trinajstić information content (AvgIpc) is 2.43. The van der Waals surface area contributed by atoms with Crippen molar-refractivity contribution in [3.8, 4) is 0 Å². The van der Waals surface area contributed by atoms with Gasteiger partial charge < -0.3 is 21.1 Å². The molecule has 0 saturated carbocycles. The van der Waals surface area contributed by atoms with E-state index in [0.29, 0.717) is 22.4 Å². The molecule has 0 aliphatic rings. The molecule has 21 heavy (non-hydrogen) atoms. The van der Waals surface area contributed by atoms with Crippen LogP contribution in [0.5, 0.6) is 0 Å². The summed E-state index contributed by atoms with van der Waals surface area (Å²) in [6.45, 7) is 2.75. The van der Waals surface area contributed by atoms with Crippen molar-refractivity contribution in [1.82, 2.24) is 4.72 Å². The summed E-state index contributed by atoms with van der Waals surface area (Å²) in [5.41, 5.74) is 6.03. The maximum absolute atomic E-state index is 12.6. The summed E-state index contributed by atoms with van der Waals surface area (Å²) in [6, 6.07) is 1.68. The summed E-state index contributed by atoms with van der Waals surface area (Å²) in [6.07, 6.45) is 0. The number of nitrogens with one attached hydrogen (secondary N) is 1. The number of benzene rings is 1. The first kappa shape index (κ1) is 17.9. The molecule has 1 rings (SSSR count). The second-order valence-electron chi connectivity index (χ2n) is 5.22. The Morgan fingerprint density at radius 3 is 2.00 bits per heavy atom. The lowest BCUT2D eigenvalue weighted by Crippen LogP contribution is -2.57. The third kappa shape index (κ3) is 3.35. The summed E-state index contributed by atoms with van der Waals surface area (Å²) in [4.78, 5) is -0.000255. The molecule has 0 amide bonds. The minimum absolute atomic E-state index is 0.000255. The van der Waals surface area contributed by atoms with Gasteiger partial charge in [0.1, 0.15) is 5.54 Å². The summed E-state index contributed by atoms with van der Waals surface area (Å²) in [7, 11) is -4.07. The van der Waals surface area contributed by atoms with Crippen molar-refractivity contribution >= 4 is 15.7 Å². The summed E-state index contributed by atoms with van der Waals surface area (Å²) in [5.74, 6) is 0. The zero-order valence-corrected chi connectivity index (χ0v) is 13.2. The Kier molecular flexibility index (Phi) is 5.35. The highest BCUT2D eigenvalue weighted by molar-refractivity contribution is 7.89. The Morgan fingerprint density at radius 1 is 1.10 bits per heavy atom. The first-order valence-electron chi connectivity index (χ1n) is 6.37. The topological polar surface area (TPSA) is 133 Å². The van der Waals surface area contributed by atoms with Gasteiger partial charge in [-0.25, -0.2) is 8.42 Å². The van der Waals surface area contributed by atoms with Crippen LogP contribution in [0.15, 0.2) is 11.0 Å². The minimum atomic E-state index is -4.07. The number of anilines is 1. The Morgan fingerprint density at radius 2 is 1.57 bits per heavy atom. The van der Waals surface area contributed by atoms with Crippen LogP contribution in [0.1, 0.15) is 16.7 Å². The van der Waals surface area contributed by atoms with Gasteiger partial charge in [-0.2, -0.15) is 4.72 Å². The Labute approximate surface area is 124 Å². The van der Waals surface area contributed by atoms with E-state index in [1.807, 2.05) is 0 Å². The Bertz CT molecular complexity index is 589. The molecule has 0 atom stereocenters.